The minimum atomic E-state index is 0.0716. The number of hydrogen-bond acceptors (Lipinski definition) is 4. The van der Waals surface area contributed by atoms with Gasteiger partial charge < -0.3 is 19.7 Å². The summed E-state index contributed by atoms with van der Waals surface area (Å²) in [6.45, 7) is 0.964. The molecule has 0 aliphatic heterocycles. The highest BCUT2D eigenvalue weighted by atomic mass is 16.5. The number of hydrogen-bond donors (Lipinski definition) is 2. The molecular formula is C32H30O4. The van der Waals surface area contributed by atoms with E-state index >= 15 is 0 Å². The van der Waals surface area contributed by atoms with Gasteiger partial charge in [-0.05, 0) is 44.8 Å². The molecule has 0 unspecified atom stereocenters. The second kappa shape index (κ2) is 11.3. The van der Waals surface area contributed by atoms with Crippen LogP contribution < -0.4 is 9.47 Å². The Bertz CT molecular complexity index is 1350. The van der Waals surface area contributed by atoms with Crippen LogP contribution in [0.4, 0.5) is 0 Å². The van der Waals surface area contributed by atoms with Gasteiger partial charge in [-0.3, -0.25) is 0 Å². The van der Waals surface area contributed by atoms with Crippen LogP contribution in [-0.2, 0) is 0 Å². The summed E-state index contributed by atoms with van der Waals surface area (Å²) in [6.07, 6.45) is 1.10. The number of aliphatic hydroxyl groups excluding tert-OH is 2. The molecule has 0 saturated carbocycles. The van der Waals surface area contributed by atoms with E-state index in [1.165, 1.54) is 0 Å². The predicted octanol–water partition coefficient (Wildman–Crippen LogP) is 6.85. The average Bonchev–Trinajstić information content (AvgIpc) is 2.93. The molecule has 0 radical (unpaired) electrons. The maximum atomic E-state index is 9.37. The SMILES string of the molecule is OCCCOc1cc(-c2cccc3ccccc23)c(OCCCO)cc1-c1cccc2ccccc12. The van der Waals surface area contributed by atoms with Crippen LogP contribution in [0.1, 0.15) is 12.8 Å². The van der Waals surface area contributed by atoms with Crippen molar-refractivity contribution in [2.45, 2.75) is 12.8 Å². The molecule has 0 aromatic heterocycles. The number of fused-ring (bicyclic) bond motifs is 2. The third-order valence-corrected chi connectivity index (χ3v) is 6.36. The lowest BCUT2D eigenvalue weighted by atomic mass is 9.92. The first-order chi connectivity index (χ1) is 17.8. The molecule has 0 aliphatic rings. The first-order valence-corrected chi connectivity index (χ1v) is 12.4. The van der Waals surface area contributed by atoms with Gasteiger partial charge in [0.2, 0.25) is 0 Å². The maximum Gasteiger partial charge on any atom is 0.128 e. The molecule has 0 amide bonds. The van der Waals surface area contributed by atoms with E-state index in [1.54, 1.807) is 0 Å². The summed E-state index contributed by atoms with van der Waals surface area (Å²) < 4.78 is 12.6. The van der Waals surface area contributed by atoms with Crippen LogP contribution in [-0.4, -0.2) is 36.6 Å². The number of rotatable bonds is 10. The molecule has 5 aromatic carbocycles. The zero-order chi connectivity index (χ0) is 24.7. The van der Waals surface area contributed by atoms with Crippen molar-refractivity contribution in [3.05, 3.63) is 97.1 Å². The number of benzene rings is 5. The molecule has 36 heavy (non-hydrogen) atoms. The zero-order valence-corrected chi connectivity index (χ0v) is 20.2. The summed E-state index contributed by atoms with van der Waals surface area (Å²) in [7, 11) is 0. The third-order valence-electron chi connectivity index (χ3n) is 6.36. The standard InChI is InChI=1S/C32H30O4/c33-17-7-19-35-31-22-30(28-16-6-12-24-10-2-4-14-26(24)28)32(36-20-8-18-34)21-29(31)27-15-5-11-23-9-1-3-13-25(23)27/h1-6,9-16,21-22,33-34H,7-8,17-20H2. The lowest BCUT2D eigenvalue weighted by Crippen LogP contribution is -2.04. The summed E-state index contributed by atoms with van der Waals surface area (Å²) >= 11 is 0. The fraction of sp³-hybridized carbons (Fsp3) is 0.188. The minimum absolute atomic E-state index is 0.0716. The number of ether oxygens (including phenoxy) is 2. The normalized spacial score (nSPS) is 11.2. The van der Waals surface area contributed by atoms with Gasteiger partial charge in [0.25, 0.3) is 0 Å². The van der Waals surface area contributed by atoms with E-state index in [0.717, 1.165) is 55.3 Å². The van der Waals surface area contributed by atoms with Crippen molar-refractivity contribution in [2.24, 2.45) is 0 Å². The molecule has 182 valence electrons. The van der Waals surface area contributed by atoms with E-state index in [9.17, 15) is 10.2 Å². The van der Waals surface area contributed by atoms with Crippen molar-refractivity contribution in [1.29, 1.82) is 0 Å². The van der Waals surface area contributed by atoms with Gasteiger partial charge in [0.1, 0.15) is 11.5 Å². The van der Waals surface area contributed by atoms with Crippen LogP contribution in [0.25, 0.3) is 43.8 Å². The van der Waals surface area contributed by atoms with E-state index in [-0.39, 0.29) is 13.2 Å². The molecule has 4 heteroatoms. The van der Waals surface area contributed by atoms with Gasteiger partial charge in [-0.15, -0.1) is 0 Å². The Morgan fingerprint density at radius 3 is 1.33 bits per heavy atom. The van der Waals surface area contributed by atoms with E-state index in [2.05, 4.69) is 72.8 Å². The van der Waals surface area contributed by atoms with Crippen molar-refractivity contribution in [3.63, 3.8) is 0 Å². The van der Waals surface area contributed by atoms with Crippen LogP contribution >= 0.6 is 0 Å². The molecule has 0 heterocycles. The second-order valence-electron chi connectivity index (χ2n) is 8.75. The zero-order valence-electron chi connectivity index (χ0n) is 20.2. The summed E-state index contributed by atoms with van der Waals surface area (Å²) in [6, 6.07) is 33.3. The van der Waals surface area contributed by atoms with Crippen LogP contribution in [0.5, 0.6) is 11.5 Å². The Balaban J connectivity index is 1.74. The van der Waals surface area contributed by atoms with E-state index < -0.39 is 0 Å². The van der Waals surface area contributed by atoms with E-state index in [0.29, 0.717) is 26.1 Å². The second-order valence-corrected chi connectivity index (χ2v) is 8.75. The Kier molecular flexibility index (Phi) is 7.46. The van der Waals surface area contributed by atoms with Gasteiger partial charge in [0.05, 0.1) is 13.2 Å². The highest BCUT2D eigenvalue weighted by Gasteiger charge is 2.18. The van der Waals surface area contributed by atoms with E-state index in [1.807, 2.05) is 24.3 Å². The quantitative estimate of drug-likeness (QED) is 0.216. The smallest absolute Gasteiger partial charge is 0.128 e. The average molecular weight is 479 g/mol. The molecule has 0 saturated heterocycles. The topological polar surface area (TPSA) is 58.9 Å². The molecule has 0 fully saturated rings. The largest absolute Gasteiger partial charge is 0.493 e. The highest BCUT2D eigenvalue weighted by molar-refractivity contribution is 6.01. The van der Waals surface area contributed by atoms with Gasteiger partial charge >= 0.3 is 0 Å². The summed E-state index contributed by atoms with van der Waals surface area (Å²) in [5.74, 6) is 1.49. The van der Waals surface area contributed by atoms with Crippen molar-refractivity contribution in [3.8, 4) is 33.8 Å². The molecule has 2 N–H and O–H groups in total. The summed E-state index contributed by atoms with van der Waals surface area (Å²) in [5.41, 5.74) is 3.99. The van der Waals surface area contributed by atoms with Crippen LogP contribution in [0.15, 0.2) is 97.1 Å². The Hall–Kier alpha value is -3.86. The molecule has 0 bridgehead atoms. The van der Waals surface area contributed by atoms with Crippen molar-refractivity contribution in [2.75, 3.05) is 26.4 Å². The molecule has 5 rings (SSSR count). The lowest BCUT2D eigenvalue weighted by Gasteiger charge is -2.20. The first-order valence-electron chi connectivity index (χ1n) is 12.4. The molecule has 0 atom stereocenters. The van der Waals surface area contributed by atoms with Crippen molar-refractivity contribution >= 4 is 21.5 Å². The molecule has 4 nitrogen and oxygen atoms in total. The van der Waals surface area contributed by atoms with Gasteiger partial charge in [-0.25, -0.2) is 0 Å². The molecular weight excluding hydrogens is 448 g/mol. The lowest BCUT2D eigenvalue weighted by molar-refractivity contribution is 0.231. The van der Waals surface area contributed by atoms with Crippen LogP contribution in [0.2, 0.25) is 0 Å². The molecule has 0 aliphatic carbocycles. The molecule has 5 aromatic rings. The maximum absolute atomic E-state index is 9.37. The molecule has 0 spiro atoms. The fourth-order valence-electron chi connectivity index (χ4n) is 4.63. The third kappa shape index (κ3) is 4.92. The van der Waals surface area contributed by atoms with Gasteiger partial charge in [-0.1, -0.05) is 84.9 Å². The summed E-state index contributed by atoms with van der Waals surface area (Å²) in [4.78, 5) is 0. The summed E-state index contributed by atoms with van der Waals surface area (Å²) in [5, 5.41) is 23.3. The number of aliphatic hydroxyl groups is 2. The van der Waals surface area contributed by atoms with E-state index in [4.69, 9.17) is 9.47 Å². The minimum Gasteiger partial charge on any atom is -0.493 e. The van der Waals surface area contributed by atoms with Crippen LogP contribution in [0, 0.1) is 0 Å². The Labute approximate surface area is 211 Å². The first kappa shape index (κ1) is 23.9. The Morgan fingerprint density at radius 2 is 0.889 bits per heavy atom. The van der Waals surface area contributed by atoms with Crippen LogP contribution in [0.3, 0.4) is 0 Å². The highest BCUT2D eigenvalue weighted by Crippen LogP contribution is 2.44. The van der Waals surface area contributed by atoms with Gasteiger partial charge in [0.15, 0.2) is 0 Å². The van der Waals surface area contributed by atoms with Crippen molar-refractivity contribution in [1.82, 2.24) is 0 Å². The van der Waals surface area contributed by atoms with Gasteiger partial charge in [0, 0.05) is 37.2 Å². The predicted molar refractivity (Wildman–Crippen MR) is 147 cm³/mol. The fourth-order valence-corrected chi connectivity index (χ4v) is 4.63. The van der Waals surface area contributed by atoms with Gasteiger partial charge in [-0.2, -0.15) is 0 Å². The monoisotopic (exact) mass is 478 g/mol. The Morgan fingerprint density at radius 1 is 0.472 bits per heavy atom. The van der Waals surface area contributed by atoms with Crippen molar-refractivity contribution < 1.29 is 19.7 Å².